The lowest BCUT2D eigenvalue weighted by Crippen LogP contribution is -2.49. The monoisotopic (exact) mass is 358 g/mol. The predicted molar refractivity (Wildman–Crippen MR) is 103 cm³/mol. The first-order valence-electron chi connectivity index (χ1n) is 8.97. The van der Waals surface area contributed by atoms with Crippen LogP contribution in [0.4, 0.5) is 5.13 Å². The molecule has 5 nitrogen and oxygen atoms in total. The first-order valence-corrected chi connectivity index (χ1v) is 9.85. The van der Waals surface area contributed by atoms with Gasteiger partial charge in [0.15, 0.2) is 5.13 Å². The first-order chi connectivity index (χ1) is 12.3. The highest BCUT2D eigenvalue weighted by Gasteiger charge is 2.21. The Labute approximate surface area is 153 Å². The van der Waals surface area contributed by atoms with Crippen LogP contribution in [0.15, 0.2) is 41.9 Å². The molecular formula is C19H26N4OS. The van der Waals surface area contributed by atoms with Crippen molar-refractivity contribution in [3.63, 3.8) is 0 Å². The number of carbonyl (C=O) groups excluding carboxylic acids is 1. The second-order valence-electron chi connectivity index (χ2n) is 6.40. The van der Waals surface area contributed by atoms with Crippen molar-refractivity contribution < 1.29 is 4.79 Å². The lowest BCUT2D eigenvalue weighted by atomic mass is 10.0. The smallest absolute Gasteiger partial charge is 0.234 e. The molecule has 1 amide bonds. The van der Waals surface area contributed by atoms with E-state index in [1.165, 1.54) is 5.56 Å². The van der Waals surface area contributed by atoms with Crippen molar-refractivity contribution in [3.05, 3.63) is 47.5 Å². The largest absolute Gasteiger partial charge is 0.348 e. The quantitative estimate of drug-likeness (QED) is 0.827. The maximum Gasteiger partial charge on any atom is 0.234 e. The number of nitrogens with zero attached hydrogens (tertiary/aromatic N) is 3. The standard InChI is InChI=1S/C19H26N4OS/c1-2-6-17(16-7-4-3-5-8-16)21-18(24)15-22-10-12-23(13-11-22)19-20-9-14-25-19/h3-5,7-9,14,17H,2,6,10-13,15H2,1H3,(H,21,24)/t17-/m0/s1. The molecule has 3 rings (SSSR count). The zero-order valence-electron chi connectivity index (χ0n) is 14.7. The topological polar surface area (TPSA) is 48.5 Å². The summed E-state index contributed by atoms with van der Waals surface area (Å²) in [5.74, 6) is 0.116. The molecule has 2 aromatic rings. The molecule has 0 saturated carbocycles. The Morgan fingerprint density at radius 1 is 1.24 bits per heavy atom. The third-order valence-electron chi connectivity index (χ3n) is 4.54. The van der Waals surface area contributed by atoms with Gasteiger partial charge in [-0.2, -0.15) is 0 Å². The van der Waals surface area contributed by atoms with E-state index in [4.69, 9.17) is 0 Å². The number of rotatable bonds is 7. The molecule has 1 N–H and O–H groups in total. The summed E-state index contributed by atoms with van der Waals surface area (Å²) >= 11 is 1.67. The lowest BCUT2D eigenvalue weighted by Gasteiger charge is -2.34. The normalized spacial score (nSPS) is 16.6. The molecule has 1 aromatic carbocycles. The van der Waals surface area contributed by atoms with Gasteiger partial charge in [-0.25, -0.2) is 4.98 Å². The number of anilines is 1. The molecule has 1 fully saturated rings. The molecule has 1 aliphatic heterocycles. The summed E-state index contributed by atoms with van der Waals surface area (Å²) < 4.78 is 0. The Morgan fingerprint density at radius 3 is 2.64 bits per heavy atom. The Hall–Kier alpha value is -1.92. The van der Waals surface area contributed by atoms with Crippen LogP contribution in [0.1, 0.15) is 31.4 Å². The van der Waals surface area contributed by atoms with Crippen molar-refractivity contribution in [3.8, 4) is 0 Å². The Morgan fingerprint density at radius 2 is 2.00 bits per heavy atom. The van der Waals surface area contributed by atoms with Crippen molar-refractivity contribution in [2.24, 2.45) is 0 Å². The minimum absolute atomic E-state index is 0.107. The van der Waals surface area contributed by atoms with Gasteiger partial charge in [-0.1, -0.05) is 43.7 Å². The van der Waals surface area contributed by atoms with E-state index in [1.54, 1.807) is 11.3 Å². The predicted octanol–water partition coefficient (Wildman–Crippen LogP) is 2.92. The molecule has 0 unspecified atom stereocenters. The average molecular weight is 359 g/mol. The summed E-state index contributed by atoms with van der Waals surface area (Å²) in [4.78, 5) is 21.4. The Kier molecular flexibility index (Phi) is 6.42. The fourth-order valence-corrected chi connectivity index (χ4v) is 3.91. The van der Waals surface area contributed by atoms with Gasteiger partial charge < -0.3 is 10.2 Å². The van der Waals surface area contributed by atoms with Crippen LogP contribution >= 0.6 is 11.3 Å². The number of hydrogen-bond acceptors (Lipinski definition) is 5. The lowest BCUT2D eigenvalue weighted by molar-refractivity contribution is -0.123. The van der Waals surface area contributed by atoms with Crippen LogP contribution in [0.3, 0.4) is 0 Å². The van der Waals surface area contributed by atoms with Crippen LogP contribution in [0.25, 0.3) is 0 Å². The number of piperazine rings is 1. The zero-order valence-corrected chi connectivity index (χ0v) is 15.5. The number of hydrogen-bond donors (Lipinski definition) is 1. The van der Waals surface area contributed by atoms with Crippen LogP contribution in [-0.2, 0) is 4.79 Å². The van der Waals surface area contributed by atoms with Gasteiger partial charge in [0, 0.05) is 37.8 Å². The third-order valence-corrected chi connectivity index (χ3v) is 5.38. The van der Waals surface area contributed by atoms with E-state index >= 15 is 0 Å². The molecule has 0 aliphatic carbocycles. The summed E-state index contributed by atoms with van der Waals surface area (Å²) in [5, 5.41) is 6.30. The van der Waals surface area contributed by atoms with Crippen molar-refractivity contribution in [2.45, 2.75) is 25.8 Å². The second kappa shape index (κ2) is 8.97. The van der Waals surface area contributed by atoms with Crippen LogP contribution in [0.5, 0.6) is 0 Å². The highest BCUT2D eigenvalue weighted by Crippen LogP contribution is 2.20. The van der Waals surface area contributed by atoms with Gasteiger partial charge in [0.25, 0.3) is 0 Å². The fourth-order valence-electron chi connectivity index (χ4n) is 3.21. The summed E-state index contributed by atoms with van der Waals surface area (Å²) in [5.41, 5.74) is 1.19. The van der Waals surface area contributed by atoms with Crippen LogP contribution in [-0.4, -0.2) is 48.5 Å². The van der Waals surface area contributed by atoms with E-state index in [-0.39, 0.29) is 11.9 Å². The molecule has 2 heterocycles. The van der Waals surface area contributed by atoms with Gasteiger partial charge in [0.05, 0.1) is 12.6 Å². The SMILES string of the molecule is CCC[C@H](NC(=O)CN1CCN(c2nccs2)CC1)c1ccccc1. The highest BCUT2D eigenvalue weighted by atomic mass is 32.1. The van der Waals surface area contributed by atoms with Gasteiger partial charge in [-0.3, -0.25) is 9.69 Å². The second-order valence-corrected chi connectivity index (χ2v) is 7.27. The molecule has 0 bridgehead atoms. The fraction of sp³-hybridized carbons (Fsp3) is 0.474. The summed E-state index contributed by atoms with van der Waals surface area (Å²) in [7, 11) is 0. The maximum atomic E-state index is 12.5. The number of nitrogens with one attached hydrogen (secondary N) is 1. The van der Waals surface area contributed by atoms with Crippen molar-refractivity contribution in [1.82, 2.24) is 15.2 Å². The molecule has 1 saturated heterocycles. The third kappa shape index (κ3) is 5.03. The maximum absolute atomic E-state index is 12.5. The molecule has 6 heteroatoms. The molecule has 0 radical (unpaired) electrons. The van der Waals surface area contributed by atoms with E-state index in [0.717, 1.165) is 44.2 Å². The first kappa shape index (κ1) is 17.9. The Bertz CT molecular complexity index is 639. The zero-order chi connectivity index (χ0) is 17.5. The van der Waals surface area contributed by atoms with Gasteiger partial charge in [-0.05, 0) is 12.0 Å². The van der Waals surface area contributed by atoms with Crippen LogP contribution < -0.4 is 10.2 Å². The van der Waals surface area contributed by atoms with E-state index in [1.807, 2.05) is 29.8 Å². The molecule has 1 aromatic heterocycles. The summed E-state index contributed by atoms with van der Waals surface area (Å²) in [6.07, 6.45) is 3.86. The van der Waals surface area contributed by atoms with Gasteiger partial charge in [-0.15, -0.1) is 11.3 Å². The summed E-state index contributed by atoms with van der Waals surface area (Å²) in [6, 6.07) is 10.4. The minimum Gasteiger partial charge on any atom is -0.348 e. The number of carbonyl (C=O) groups is 1. The van der Waals surface area contributed by atoms with Crippen molar-refractivity contribution in [1.29, 1.82) is 0 Å². The number of thiazole rings is 1. The van der Waals surface area contributed by atoms with E-state index < -0.39 is 0 Å². The molecular weight excluding hydrogens is 332 g/mol. The van der Waals surface area contributed by atoms with E-state index in [9.17, 15) is 4.79 Å². The van der Waals surface area contributed by atoms with E-state index in [2.05, 4.69) is 39.2 Å². The number of aromatic nitrogens is 1. The molecule has 134 valence electrons. The van der Waals surface area contributed by atoms with Crippen LogP contribution in [0, 0.1) is 0 Å². The van der Waals surface area contributed by atoms with Gasteiger partial charge >= 0.3 is 0 Å². The molecule has 1 aliphatic rings. The minimum atomic E-state index is 0.107. The molecule has 0 spiro atoms. The van der Waals surface area contributed by atoms with E-state index in [0.29, 0.717) is 6.54 Å². The average Bonchev–Trinajstić information content (AvgIpc) is 3.17. The highest BCUT2D eigenvalue weighted by molar-refractivity contribution is 7.13. The number of amides is 1. The molecule has 1 atom stereocenters. The van der Waals surface area contributed by atoms with Crippen molar-refractivity contribution >= 4 is 22.4 Å². The number of benzene rings is 1. The molecule has 25 heavy (non-hydrogen) atoms. The van der Waals surface area contributed by atoms with Crippen LogP contribution in [0.2, 0.25) is 0 Å². The Balaban J connectivity index is 1.49. The van der Waals surface area contributed by atoms with Gasteiger partial charge in [0.1, 0.15) is 0 Å². The van der Waals surface area contributed by atoms with Crippen molar-refractivity contribution in [2.75, 3.05) is 37.6 Å². The summed E-state index contributed by atoms with van der Waals surface area (Å²) in [6.45, 7) is 6.28. The van der Waals surface area contributed by atoms with Gasteiger partial charge in [0.2, 0.25) is 5.91 Å².